The molecule has 116 valence electrons. The van der Waals surface area contributed by atoms with Gasteiger partial charge in [0.15, 0.2) is 0 Å². The molecule has 0 radical (unpaired) electrons. The summed E-state index contributed by atoms with van der Waals surface area (Å²) in [6.07, 6.45) is 8.69. The normalized spacial score (nSPS) is 22.6. The SMILES string of the molecule is CCCC1CCCCN1c1cccc(F)c1CNC1CC1. The fourth-order valence-corrected chi connectivity index (χ4v) is 3.48. The van der Waals surface area contributed by atoms with Crippen LogP contribution in [-0.2, 0) is 6.54 Å². The van der Waals surface area contributed by atoms with Gasteiger partial charge < -0.3 is 10.2 Å². The largest absolute Gasteiger partial charge is 0.368 e. The van der Waals surface area contributed by atoms with Crippen LogP contribution in [0.3, 0.4) is 0 Å². The second-order valence-corrected chi connectivity index (χ2v) is 6.52. The topological polar surface area (TPSA) is 15.3 Å². The van der Waals surface area contributed by atoms with E-state index in [1.165, 1.54) is 44.9 Å². The first-order valence-corrected chi connectivity index (χ1v) is 8.57. The molecule has 1 saturated heterocycles. The Balaban J connectivity index is 1.82. The van der Waals surface area contributed by atoms with E-state index in [9.17, 15) is 4.39 Å². The highest BCUT2D eigenvalue weighted by Crippen LogP contribution is 2.32. The van der Waals surface area contributed by atoms with Crippen LogP contribution in [0.15, 0.2) is 18.2 Å². The predicted octanol–water partition coefficient (Wildman–Crippen LogP) is 4.24. The van der Waals surface area contributed by atoms with Crippen LogP contribution in [0.5, 0.6) is 0 Å². The summed E-state index contributed by atoms with van der Waals surface area (Å²) < 4.78 is 14.3. The molecule has 0 bridgehead atoms. The van der Waals surface area contributed by atoms with Crippen molar-refractivity contribution in [1.29, 1.82) is 0 Å². The second kappa shape index (κ2) is 6.78. The molecule has 0 aromatic heterocycles. The molecule has 21 heavy (non-hydrogen) atoms. The van der Waals surface area contributed by atoms with E-state index in [0.29, 0.717) is 18.6 Å². The Bertz CT molecular complexity index is 468. The van der Waals surface area contributed by atoms with Crippen LogP contribution in [0.25, 0.3) is 0 Å². The zero-order valence-corrected chi connectivity index (χ0v) is 13.1. The van der Waals surface area contributed by atoms with Gasteiger partial charge in [-0.15, -0.1) is 0 Å². The van der Waals surface area contributed by atoms with Gasteiger partial charge in [-0.2, -0.15) is 0 Å². The first kappa shape index (κ1) is 14.8. The van der Waals surface area contributed by atoms with E-state index in [4.69, 9.17) is 0 Å². The van der Waals surface area contributed by atoms with E-state index in [1.54, 1.807) is 6.07 Å². The van der Waals surface area contributed by atoms with Gasteiger partial charge in [0, 0.05) is 36.4 Å². The monoisotopic (exact) mass is 290 g/mol. The van der Waals surface area contributed by atoms with Crippen LogP contribution in [0.2, 0.25) is 0 Å². The Morgan fingerprint density at radius 3 is 2.86 bits per heavy atom. The molecule has 1 heterocycles. The highest BCUT2D eigenvalue weighted by molar-refractivity contribution is 5.55. The standard InChI is InChI=1S/C18H27FN2/c1-2-6-15-7-3-4-12-21(15)18-9-5-8-17(19)16(18)13-20-14-10-11-14/h5,8-9,14-15,20H,2-4,6-7,10-13H2,1H3. The van der Waals surface area contributed by atoms with Crippen molar-refractivity contribution in [3.05, 3.63) is 29.6 Å². The number of nitrogens with zero attached hydrogens (tertiary/aromatic N) is 1. The van der Waals surface area contributed by atoms with Crippen LogP contribution in [0, 0.1) is 5.82 Å². The lowest BCUT2D eigenvalue weighted by atomic mass is 9.96. The molecule has 2 aliphatic rings. The number of halogens is 1. The third-order valence-corrected chi connectivity index (χ3v) is 4.80. The van der Waals surface area contributed by atoms with Gasteiger partial charge >= 0.3 is 0 Å². The Labute approximate surface area is 127 Å². The van der Waals surface area contributed by atoms with E-state index in [0.717, 1.165) is 17.8 Å². The number of hydrogen-bond donors (Lipinski definition) is 1. The summed E-state index contributed by atoms with van der Waals surface area (Å²) in [5.74, 6) is -0.0542. The van der Waals surface area contributed by atoms with Gasteiger partial charge in [0.1, 0.15) is 5.82 Å². The molecule has 2 fully saturated rings. The smallest absolute Gasteiger partial charge is 0.129 e. The van der Waals surface area contributed by atoms with E-state index >= 15 is 0 Å². The van der Waals surface area contributed by atoms with Gasteiger partial charge in [0.05, 0.1) is 0 Å². The van der Waals surface area contributed by atoms with Crippen molar-refractivity contribution in [3.8, 4) is 0 Å². The number of rotatable bonds is 6. The average molecular weight is 290 g/mol. The number of benzene rings is 1. The Hall–Kier alpha value is -1.09. The first-order chi connectivity index (χ1) is 10.3. The average Bonchev–Trinajstić information content (AvgIpc) is 3.31. The summed E-state index contributed by atoms with van der Waals surface area (Å²) in [5.41, 5.74) is 1.99. The Kier molecular flexibility index (Phi) is 4.79. The molecule has 2 nitrogen and oxygen atoms in total. The van der Waals surface area contributed by atoms with Crippen LogP contribution in [-0.4, -0.2) is 18.6 Å². The molecule has 0 spiro atoms. The molecule has 1 aliphatic carbocycles. The lowest BCUT2D eigenvalue weighted by Gasteiger charge is -2.39. The van der Waals surface area contributed by atoms with Crippen molar-refractivity contribution in [3.63, 3.8) is 0 Å². The van der Waals surface area contributed by atoms with Crippen molar-refractivity contribution < 1.29 is 4.39 Å². The molecular weight excluding hydrogens is 263 g/mol. The number of anilines is 1. The van der Waals surface area contributed by atoms with Crippen molar-refractivity contribution in [1.82, 2.24) is 5.32 Å². The zero-order valence-electron chi connectivity index (χ0n) is 13.1. The molecule has 1 aromatic carbocycles. The van der Waals surface area contributed by atoms with Crippen molar-refractivity contribution >= 4 is 5.69 Å². The lowest BCUT2D eigenvalue weighted by molar-refractivity contribution is 0.432. The Morgan fingerprint density at radius 2 is 2.10 bits per heavy atom. The molecule has 1 atom stereocenters. The summed E-state index contributed by atoms with van der Waals surface area (Å²) >= 11 is 0. The molecule has 1 aliphatic heterocycles. The van der Waals surface area contributed by atoms with Gasteiger partial charge in [0.25, 0.3) is 0 Å². The molecule has 1 saturated carbocycles. The highest BCUT2D eigenvalue weighted by Gasteiger charge is 2.26. The quantitative estimate of drug-likeness (QED) is 0.843. The second-order valence-electron chi connectivity index (χ2n) is 6.52. The maximum absolute atomic E-state index is 14.3. The van der Waals surface area contributed by atoms with Gasteiger partial charge in [0.2, 0.25) is 0 Å². The third kappa shape index (κ3) is 3.57. The zero-order chi connectivity index (χ0) is 14.7. The molecule has 3 heteroatoms. The van der Waals surface area contributed by atoms with Crippen molar-refractivity contribution in [2.75, 3.05) is 11.4 Å². The minimum Gasteiger partial charge on any atom is -0.368 e. The third-order valence-electron chi connectivity index (χ3n) is 4.80. The molecule has 1 aromatic rings. The molecular formula is C18H27FN2. The van der Waals surface area contributed by atoms with Crippen molar-refractivity contribution in [2.45, 2.75) is 70.5 Å². The van der Waals surface area contributed by atoms with Crippen LogP contribution in [0.4, 0.5) is 10.1 Å². The molecule has 1 unspecified atom stereocenters. The van der Waals surface area contributed by atoms with Crippen LogP contribution in [0.1, 0.15) is 57.4 Å². The van der Waals surface area contributed by atoms with E-state index < -0.39 is 0 Å². The number of hydrogen-bond acceptors (Lipinski definition) is 2. The predicted molar refractivity (Wildman–Crippen MR) is 86.2 cm³/mol. The molecule has 0 amide bonds. The molecule has 3 rings (SSSR count). The number of nitrogens with one attached hydrogen (secondary N) is 1. The molecule has 1 N–H and O–H groups in total. The van der Waals surface area contributed by atoms with Gasteiger partial charge in [-0.3, -0.25) is 0 Å². The number of piperidine rings is 1. The summed E-state index contributed by atoms with van der Waals surface area (Å²) in [6.45, 7) is 3.99. The minimum atomic E-state index is -0.0542. The van der Waals surface area contributed by atoms with Gasteiger partial charge in [-0.1, -0.05) is 19.4 Å². The van der Waals surface area contributed by atoms with E-state index in [1.807, 2.05) is 6.07 Å². The summed E-state index contributed by atoms with van der Waals surface area (Å²) in [5, 5.41) is 3.47. The summed E-state index contributed by atoms with van der Waals surface area (Å²) in [4.78, 5) is 2.47. The highest BCUT2D eigenvalue weighted by atomic mass is 19.1. The lowest BCUT2D eigenvalue weighted by Crippen LogP contribution is -2.40. The first-order valence-electron chi connectivity index (χ1n) is 8.57. The minimum absolute atomic E-state index is 0.0542. The maximum Gasteiger partial charge on any atom is 0.129 e. The van der Waals surface area contributed by atoms with Crippen LogP contribution >= 0.6 is 0 Å². The summed E-state index contributed by atoms with van der Waals surface area (Å²) in [7, 11) is 0. The van der Waals surface area contributed by atoms with E-state index in [2.05, 4.69) is 23.2 Å². The van der Waals surface area contributed by atoms with Gasteiger partial charge in [-0.25, -0.2) is 4.39 Å². The van der Waals surface area contributed by atoms with Crippen LogP contribution < -0.4 is 10.2 Å². The fraction of sp³-hybridized carbons (Fsp3) is 0.667. The Morgan fingerprint density at radius 1 is 1.24 bits per heavy atom. The van der Waals surface area contributed by atoms with E-state index in [-0.39, 0.29) is 5.82 Å². The maximum atomic E-state index is 14.3. The van der Waals surface area contributed by atoms with Gasteiger partial charge in [-0.05, 0) is 50.7 Å². The summed E-state index contributed by atoms with van der Waals surface area (Å²) in [6, 6.07) is 6.78. The fourth-order valence-electron chi connectivity index (χ4n) is 3.48. The van der Waals surface area contributed by atoms with Crippen molar-refractivity contribution in [2.24, 2.45) is 0 Å².